The minimum Gasteiger partial charge on any atom is -0.445 e. The van der Waals surface area contributed by atoms with Crippen LogP contribution < -0.4 is 11.1 Å². The Morgan fingerprint density at radius 2 is 1.91 bits per heavy atom. The Hall–Kier alpha value is -2.89. The van der Waals surface area contributed by atoms with Gasteiger partial charge in [-0.1, -0.05) is 42.5 Å². The summed E-state index contributed by atoms with van der Waals surface area (Å²) in [6.45, 7) is 0.218. The van der Waals surface area contributed by atoms with Crippen molar-refractivity contribution in [2.75, 3.05) is 12.3 Å². The van der Waals surface area contributed by atoms with Gasteiger partial charge in [0.2, 0.25) is 0 Å². The molecule has 0 radical (unpaired) electrons. The van der Waals surface area contributed by atoms with E-state index in [2.05, 4.69) is 5.32 Å². The molecule has 1 amide bonds. The molecule has 0 saturated heterocycles. The fraction of sp³-hybridized carbons (Fsp3) is 0.118. The van der Waals surface area contributed by atoms with Crippen molar-refractivity contribution in [1.29, 1.82) is 0 Å². The summed E-state index contributed by atoms with van der Waals surface area (Å²) >= 11 is 0. The maximum atomic E-state index is 13.6. The number of halogens is 2. The van der Waals surface area contributed by atoms with Crippen molar-refractivity contribution in [1.82, 2.24) is 5.32 Å². The van der Waals surface area contributed by atoms with Crippen molar-refractivity contribution in [3.8, 4) is 0 Å². The molecule has 120 valence electrons. The van der Waals surface area contributed by atoms with Gasteiger partial charge in [-0.05, 0) is 17.7 Å². The first kappa shape index (κ1) is 16.5. The van der Waals surface area contributed by atoms with Crippen molar-refractivity contribution >= 4 is 17.9 Å². The summed E-state index contributed by atoms with van der Waals surface area (Å²) in [5.41, 5.74) is 5.85. The van der Waals surface area contributed by atoms with Gasteiger partial charge < -0.3 is 15.8 Å². The average molecular weight is 318 g/mol. The minimum absolute atomic E-state index is 0.0707. The average Bonchev–Trinajstić information content (AvgIpc) is 2.57. The predicted molar refractivity (Wildman–Crippen MR) is 84.4 cm³/mol. The Morgan fingerprint density at radius 3 is 2.65 bits per heavy atom. The summed E-state index contributed by atoms with van der Waals surface area (Å²) in [6.07, 6.45) is 2.01. The molecule has 0 fully saturated rings. The van der Waals surface area contributed by atoms with Crippen LogP contribution in [0.25, 0.3) is 6.08 Å². The molecule has 0 saturated carbocycles. The fourth-order valence-electron chi connectivity index (χ4n) is 1.83. The SMILES string of the molecule is Nc1ccc(F)c(C=CCNC(=O)OCc2ccccc2)c1F. The van der Waals surface area contributed by atoms with E-state index in [1.165, 1.54) is 12.2 Å². The number of hydrogen-bond donors (Lipinski definition) is 2. The molecule has 0 aromatic heterocycles. The molecule has 0 bridgehead atoms. The van der Waals surface area contributed by atoms with Crippen LogP contribution in [0.4, 0.5) is 19.3 Å². The zero-order valence-electron chi connectivity index (χ0n) is 12.3. The number of nitrogen functional groups attached to an aromatic ring is 1. The molecular formula is C17H16F2N2O2. The van der Waals surface area contributed by atoms with E-state index in [0.717, 1.165) is 17.7 Å². The van der Waals surface area contributed by atoms with Crippen molar-refractivity contribution in [3.63, 3.8) is 0 Å². The number of amides is 1. The van der Waals surface area contributed by atoms with E-state index in [0.29, 0.717) is 0 Å². The van der Waals surface area contributed by atoms with Crippen molar-refractivity contribution < 1.29 is 18.3 Å². The van der Waals surface area contributed by atoms with Crippen molar-refractivity contribution in [2.45, 2.75) is 6.61 Å². The summed E-state index contributed by atoms with van der Waals surface area (Å²) in [5, 5.41) is 2.45. The van der Waals surface area contributed by atoms with E-state index in [1.807, 2.05) is 30.3 Å². The lowest BCUT2D eigenvalue weighted by molar-refractivity contribution is 0.141. The van der Waals surface area contributed by atoms with Gasteiger partial charge in [0.15, 0.2) is 5.82 Å². The number of anilines is 1. The number of alkyl carbamates (subject to hydrolysis) is 1. The van der Waals surface area contributed by atoms with Gasteiger partial charge in [0, 0.05) is 12.1 Å². The Kier molecular flexibility index (Phi) is 5.68. The molecule has 23 heavy (non-hydrogen) atoms. The lowest BCUT2D eigenvalue weighted by atomic mass is 10.1. The zero-order valence-corrected chi connectivity index (χ0v) is 12.3. The van der Waals surface area contributed by atoms with E-state index < -0.39 is 17.7 Å². The second-order valence-corrected chi connectivity index (χ2v) is 4.71. The van der Waals surface area contributed by atoms with Crippen LogP contribution in [0.15, 0.2) is 48.5 Å². The molecule has 3 N–H and O–H groups in total. The summed E-state index contributed by atoms with van der Waals surface area (Å²) in [4.78, 5) is 11.5. The standard InChI is InChI=1S/C17H16F2N2O2/c18-14-8-9-15(20)16(19)13(14)7-4-10-21-17(22)23-11-12-5-2-1-3-6-12/h1-9H,10-11,20H2,(H,21,22). The minimum atomic E-state index is -0.826. The molecule has 0 unspecified atom stereocenters. The fourth-order valence-corrected chi connectivity index (χ4v) is 1.83. The molecule has 2 aromatic rings. The van der Waals surface area contributed by atoms with E-state index in [4.69, 9.17) is 10.5 Å². The van der Waals surface area contributed by atoms with E-state index in [-0.39, 0.29) is 24.4 Å². The third-order valence-electron chi connectivity index (χ3n) is 3.02. The van der Waals surface area contributed by atoms with Crippen molar-refractivity contribution in [2.24, 2.45) is 0 Å². The predicted octanol–water partition coefficient (Wildman–Crippen LogP) is 3.49. The number of nitrogens with one attached hydrogen (secondary N) is 1. The van der Waals surface area contributed by atoms with Gasteiger partial charge in [-0.3, -0.25) is 0 Å². The zero-order chi connectivity index (χ0) is 16.7. The molecule has 0 heterocycles. The molecule has 0 spiro atoms. The largest absolute Gasteiger partial charge is 0.445 e. The van der Waals surface area contributed by atoms with E-state index in [1.54, 1.807) is 0 Å². The van der Waals surface area contributed by atoms with Gasteiger partial charge >= 0.3 is 6.09 Å². The second-order valence-electron chi connectivity index (χ2n) is 4.71. The van der Waals surface area contributed by atoms with Crippen LogP contribution in [-0.2, 0) is 11.3 Å². The van der Waals surface area contributed by atoms with Gasteiger partial charge in [0.25, 0.3) is 0 Å². The molecule has 0 aliphatic heterocycles. The maximum absolute atomic E-state index is 13.6. The van der Waals surface area contributed by atoms with Crippen molar-refractivity contribution in [3.05, 3.63) is 71.3 Å². The molecule has 6 heteroatoms. The Labute approximate surface area is 132 Å². The topological polar surface area (TPSA) is 64.3 Å². The lowest BCUT2D eigenvalue weighted by Gasteiger charge is -2.05. The molecule has 2 aromatic carbocycles. The van der Waals surface area contributed by atoms with E-state index in [9.17, 15) is 13.6 Å². The number of hydrogen-bond acceptors (Lipinski definition) is 3. The smallest absolute Gasteiger partial charge is 0.407 e. The highest BCUT2D eigenvalue weighted by Crippen LogP contribution is 2.19. The Morgan fingerprint density at radius 1 is 1.17 bits per heavy atom. The van der Waals surface area contributed by atoms with Crippen LogP contribution in [0.1, 0.15) is 11.1 Å². The first-order chi connectivity index (χ1) is 11.1. The summed E-state index contributed by atoms with van der Waals surface area (Å²) in [5.74, 6) is -1.55. The number of rotatable bonds is 5. The number of carbonyl (C=O) groups is 1. The number of benzene rings is 2. The Balaban J connectivity index is 1.80. The van der Waals surface area contributed by atoms with Gasteiger partial charge in [-0.2, -0.15) is 0 Å². The van der Waals surface area contributed by atoms with Crippen LogP contribution in [-0.4, -0.2) is 12.6 Å². The monoisotopic (exact) mass is 318 g/mol. The van der Waals surface area contributed by atoms with Crippen LogP contribution in [0.2, 0.25) is 0 Å². The highest BCUT2D eigenvalue weighted by atomic mass is 19.1. The summed E-state index contributed by atoms with van der Waals surface area (Å²) < 4.78 is 32.1. The third kappa shape index (κ3) is 4.81. The number of nitrogens with two attached hydrogens (primary N) is 1. The summed E-state index contributed by atoms with van der Waals surface area (Å²) in [6, 6.07) is 11.4. The highest BCUT2D eigenvalue weighted by Gasteiger charge is 2.08. The van der Waals surface area contributed by atoms with Crippen LogP contribution in [0, 0.1) is 11.6 Å². The molecule has 4 nitrogen and oxygen atoms in total. The summed E-state index contributed by atoms with van der Waals surface area (Å²) in [7, 11) is 0. The van der Waals surface area contributed by atoms with E-state index >= 15 is 0 Å². The lowest BCUT2D eigenvalue weighted by Crippen LogP contribution is -2.24. The second kappa shape index (κ2) is 7.93. The van der Waals surface area contributed by atoms with Gasteiger partial charge in [-0.15, -0.1) is 0 Å². The highest BCUT2D eigenvalue weighted by molar-refractivity contribution is 5.67. The van der Waals surface area contributed by atoms with Gasteiger partial charge in [0.05, 0.1) is 5.69 Å². The number of carbonyl (C=O) groups excluding carboxylic acids is 1. The van der Waals surface area contributed by atoms with Gasteiger partial charge in [-0.25, -0.2) is 13.6 Å². The van der Waals surface area contributed by atoms with Crippen LogP contribution in [0.5, 0.6) is 0 Å². The maximum Gasteiger partial charge on any atom is 0.407 e. The van der Waals surface area contributed by atoms with Crippen LogP contribution in [0.3, 0.4) is 0 Å². The first-order valence-corrected chi connectivity index (χ1v) is 6.92. The van der Waals surface area contributed by atoms with Gasteiger partial charge in [0.1, 0.15) is 12.4 Å². The normalized spacial score (nSPS) is 10.7. The molecular weight excluding hydrogens is 302 g/mol. The molecule has 0 aliphatic carbocycles. The molecule has 0 atom stereocenters. The molecule has 0 aliphatic rings. The number of ether oxygens (including phenoxy) is 1. The molecule has 2 rings (SSSR count). The third-order valence-corrected chi connectivity index (χ3v) is 3.02. The quantitative estimate of drug-likeness (QED) is 0.830. The Bertz CT molecular complexity index is 703. The van der Waals surface area contributed by atoms with Crippen LogP contribution >= 0.6 is 0 Å². The first-order valence-electron chi connectivity index (χ1n) is 6.92.